The second-order valence-electron chi connectivity index (χ2n) is 7.10. The molecule has 3 heteroatoms. The van der Waals surface area contributed by atoms with Crippen molar-refractivity contribution in [3.8, 4) is 0 Å². The minimum atomic E-state index is 0.366. The average Bonchev–Trinajstić information content (AvgIpc) is 2.65. The summed E-state index contributed by atoms with van der Waals surface area (Å²) in [5, 5.41) is 3.59. The first kappa shape index (κ1) is 16.3. The number of aromatic nitrogens is 1. The summed E-state index contributed by atoms with van der Waals surface area (Å²) in [7, 11) is 0. The lowest BCUT2D eigenvalue weighted by molar-refractivity contribution is 0.325. The van der Waals surface area contributed by atoms with Gasteiger partial charge in [-0.15, -0.1) is 0 Å². The van der Waals surface area contributed by atoms with Gasteiger partial charge in [0.25, 0.3) is 0 Å². The second-order valence-corrected chi connectivity index (χ2v) is 7.10. The van der Waals surface area contributed by atoms with Gasteiger partial charge in [-0.05, 0) is 50.6 Å². The molecule has 1 atom stereocenters. The highest BCUT2D eigenvalue weighted by molar-refractivity contribution is 5.48. The molecule has 1 saturated heterocycles. The van der Waals surface area contributed by atoms with Crippen molar-refractivity contribution in [3.05, 3.63) is 23.9 Å². The zero-order valence-corrected chi connectivity index (χ0v) is 14.2. The molecule has 0 spiro atoms. The molecule has 1 fully saturated rings. The lowest BCUT2D eigenvalue weighted by atomic mass is 9.85. The van der Waals surface area contributed by atoms with Crippen molar-refractivity contribution < 1.29 is 0 Å². The molecular weight excluding hydrogens is 258 g/mol. The third-order valence-corrected chi connectivity index (χ3v) is 4.62. The first-order valence-corrected chi connectivity index (χ1v) is 8.47. The van der Waals surface area contributed by atoms with Crippen LogP contribution in [0.2, 0.25) is 0 Å². The highest BCUT2D eigenvalue weighted by atomic mass is 15.2. The first-order valence-electron chi connectivity index (χ1n) is 8.47. The Hall–Kier alpha value is -1.09. The highest BCUT2D eigenvalue weighted by Gasteiger charge is 2.25. The van der Waals surface area contributed by atoms with Crippen molar-refractivity contribution in [2.45, 2.75) is 59.4 Å². The van der Waals surface area contributed by atoms with Crippen LogP contribution in [0.15, 0.2) is 18.3 Å². The zero-order chi connectivity index (χ0) is 15.3. The van der Waals surface area contributed by atoms with E-state index in [1.807, 2.05) is 6.20 Å². The van der Waals surface area contributed by atoms with Crippen LogP contribution in [0.1, 0.15) is 65.0 Å². The molecule has 1 N–H and O–H groups in total. The van der Waals surface area contributed by atoms with Crippen molar-refractivity contribution in [2.24, 2.45) is 5.41 Å². The van der Waals surface area contributed by atoms with E-state index >= 15 is 0 Å². The summed E-state index contributed by atoms with van der Waals surface area (Å²) in [4.78, 5) is 7.20. The minimum absolute atomic E-state index is 0.366. The molecule has 1 aliphatic heterocycles. The van der Waals surface area contributed by atoms with E-state index in [2.05, 4.69) is 50.0 Å². The standard InChI is InChI=1S/C18H31N3/c1-5-11-19-15(2)16-8-6-12-20-17(16)21-13-7-9-18(3,4)10-14-21/h6,8,12,15,19H,5,7,9-11,13-14H2,1-4H3. The van der Waals surface area contributed by atoms with Gasteiger partial charge in [0.1, 0.15) is 5.82 Å². The van der Waals surface area contributed by atoms with Gasteiger partial charge in [0, 0.05) is 30.9 Å². The molecular formula is C18H31N3. The first-order chi connectivity index (χ1) is 10.0. The molecule has 118 valence electrons. The molecule has 0 radical (unpaired) electrons. The maximum atomic E-state index is 4.71. The summed E-state index contributed by atoms with van der Waals surface area (Å²) in [6.45, 7) is 12.6. The molecule has 0 bridgehead atoms. The molecule has 1 aromatic heterocycles. The van der Waals surface area contributed by atoms with Crippen LogP contribution in [-0.4, -0.2) is 24.6 Å². The third kappa shape index (κ3) is 4.44. The molecule has 0 aliphatic carbocycles. The van der Waals surface area contributed by atoms with Gasteiger partial charge in [-0.25, -0.2) is 4.98 Å². The van der Waals surface area contributed by atoms with Crippen LogP contribution in [0, 0.1) is 5.41 Å². The Morgan fingerprint density at radius 3 is 2.90 bits per heavy atom. The molecule has 21 heavy (non-hydrogen) atoms. The Kier molecular flexibility index (Phi) is 5.63. The summed E-state index contributed by atoms with van der Waals surface area (Å²) in [6, 6.07) is 4.65. The second kappa shape index (κ2) is 7.26. The van der Waals surface area contributed by atoms with Gasteiger partial charge < -0.3 is 10.2 Å². The van der Waals surface area contributed by atoms with Gasteiger partial charge in [-0.2, -0.15) is 0 Å². The number of nitrogens with one attached hydrogen (secondary N) is 1. The topological polar surface area (TPSA) is 28.2 Å². The third-order valence-electron chi connectivity index (χ3n) is 4.62. The van der Waals surface area contributed by atoms with Crippen LogP contribution in [0.4, 0.5) is 5.82 Å². The zero-order valence-electron chi connectivity index (χ0n) is 14.2. The molecule has 1 aliphatic rings. The quantitative estimate of drug-likeness (QED) is 0.882. The van der Waals surface area contributed by atoms with Crippen LogP contribution in [0.5, 0.6) is 0 Å². The fourth-order valence-corrected chi connectivity index (χ4v) is 3.12. The smallest absolute Gasteiger partial charge is 0.133 e. The van der Waals surface area contributed by atoms with Gasteiger partial charge in [-0.3, -0.25) is 0 Å². The Morgan fingerprint density at radius 1 is 1.33 bits per heavy atom. The van der Waals surface area contributed by atoms with E-state index in [1.165, 1.54) is 30.6 Å². The number of anilines is 1. The van der Waals surface area contributed by atoms with Crippen LogP contribution < -0.4 is 10.2 Å². The van der Waals surface area contributed by atoms with E-state index in [9.17, 15) is 0 Å². The highest BCUT2D eigenvalue weighted by Crippen LogP contribution is 2.33. The van der Waals surface area contributed by atoms with Crippen molar-refractivity contribution in [1.82, 2.24) is 10.3 Å². The predicted octanol–water partition coefficient (Wildman–Crippen LogP) is 4.16. The fraction of sp³-hybridized carbons (Fsp3) is 0.722. The number of hydrogen-bond donors (Lipinski definition) is 1. The van der Waals surface area contributed by atoms with Crippen molar-refractivity contribution in [3.63, 3.8) is 0 Å². The van der Waals surface area contributed by atoms with Crippen molar-refractivity contribution >= 4 is 5.82 Å². The number of rotatable bonds is 5. The molecule has 1 aromatic rings. The lowest BCUT2D eigenvalue weighted by Gasteiger charge is -2.27. The fourth-order valence-electron chi connectivity index (χ4n) is 3.12. The maximum absolute atomic E-state index is 4.71. The number of nitrogens with zero attached hydrogens (tertiary/aromatic N) is 2. The van der Waals surface area contributed by atoms with Crippen LogP contribution in [-0.2, 0) is 0 Å². The van der Waals surface area contributed by atoms with Crippen molar-refractivity contribution in [1.29, 1.82) is 0 Å². The molecule has 2 rings (SSSR count). The Morgan fingerprint density at radius 2 is 2.14 bits per heavy atom. The van der Waals surface area contributed by atoms with Crippen LogP contribution in [0.3, 0.4) is 0 Å². The monoisotopic (exact) mass is 289 g/mol. The predicted molar refractivity (Wildman–Crippen MR) is 90.8 cm³/mol. The van der Waals surface area contributed by atoms with E-state index in [1.54, 1.807) is 0 Å². The van der Waals surface area contributed by atoms with E-state index in [0.717, 1.165) is 26.1 Å². The van der Waals surface area contributed by atoms with E-state index in [0.29, 0.717) is 11.5 Å². The molecule has 2 heterocycles. The Labute approximate surface area is 130 Å². The summed E-state index contributed by atoms with van der Waals surface area (Å²) in [5.41, 5.74) is 1.81. The average molecular weight is 289 g/mol. The number of hydrogen-bond acceptors (Lipinski definition) is 3. The Bertz CT molecular complexity index is 442. The molecule has 3 nitrogen and oxygen atoms in total. The van der Waals surface area contributed by atoms with Gasteiger partial charge in [0.15, 0.2) is 0 Å². The Balaban J connectivity index is 2.15. The van der Waals surface area contributed by atoms with E-state index < -0.39 is 0 Å². The van der Waals surface area contributed by atoms with Gasteiger partial charge in [0.2, 0.25) is 0 Å². The van der Waals surface area contributed by atoms with Gasteiger partial charge >= 0.3 is 0 Å². The van der Waals surface area contributed by atoms with Gasteiger partial charge in [-0.1, -0.05) is 26.8 Å². The molecule has 0 saturated carbocycles. The summed E-state index contributed by atoms with van der Waals surface area (Å²) < 4.78 is 0. The normalized spacial score (nSPS) is 20.1. The number of pyridine rings is 1. The van der Waals surface area contributed by atoms with E-state index in [-0.39, 0.29) is 0 Å². The summed E-state index contributed by atoms with van der Waals surface area (Å²) >= 11 is 0. The van der Waals surface area contributed by atoms with Crippen LogP contribution in [0.25, 0.3) is 0 Å². The summed E-state index contributed by atoms with van der Waals surface area (Å²) in [6.07, 6.45) is 6.92. The van der Waals surface area contributed by atoms with E-state index in [4.69, 9.17) is 4.98 Å². The molecule has 1 unspecified atom stereocenters. The lowest BCUT2D eigenvalue weighted by Crippen LogP contribution is -2.29. The maximum Gasteiger partial charge on any atom is 0.133 e. The summed E-state index contributed by atoms with van der Waals surface area (Å²) in [5.74, 6) is 1.19. The minimum Gasteiger partial charge on any atom is -0.356 e. The molecule has 0 amide bonds. The SMILES string of the molecule is CCCNC(C)c1cccnc1N1CCCC(C)(C)CC1. The van der Waals surface area contributed by atoms with Crippen molar-refractivity contribution in [2.75, 3.05) is 24.5 Å². The van der Waals surface area contributed by atoms with Crippen LogP contribution >= 0.6 is 0 Å². The van der Waals surface area contributed by atoms with Gasteiger partial charge in [0.05, 0.1) is 0 Å². The largest absolute Gasteiger partial charge is 0.356 e. The molecule has 0 aromatic carbocycles.